The molecule has 1 aromatic rings. The van der Waals surface area contributed by atoms with Gasteiger partial charge in [-0.15, -0.1) is 0 Å². The highest BCUT2D eigenvalue weighted by atomic mass is 16.5. The molecule has 2 aliphatic heterocycles. The zero-order valence-electron chi connectivity index (χ0n) is 15.4. The fraction of sp³-hybridized carbons (Fsp3) is 0.526. The van der Waals surface area contributed by atoms with Crippen LogP contribution in [0.3, 0.4) is 0 Å². The van der Waals surface area contributed by atoms with Crippen molar-refractivity contribution >= 4 is 23.4 Å². The first-order valence-corrected chi connectivity index (χ1v) is 9.39. The Kier molecular flexibility index (Phi) is 6.78. The second-order valence-corrected chi connectivity index (χ2v) is 6.69. The summed E-state index contributed by atoms with van der Waals surface area (Å²) in [5.41, 5.74) is 1.16. The van der Waals surface area contributed by atoms with E-state index in [1.54, 1.807) is 23.1 Å². The van der Waals surface area contributed by atoms with Crippen LogP contribution in [0.1, 0.15) is 23.2 Å². The van der Waals surface area contributed by atoms with Gasteiger partial charge in [-0.25, -0.2) is 0 Å². The fourth-order valence-electron chi connectivity index (χ4n) is 3.24. The van der Waals surface area contributed by atoms with Crippen molar-refractivity contribution in [3.05, 3.63) is 29.8 Å². The Hall–Kier alpha value is -2.45. The number of amides is 3. The van der Waals surface area contributed by atoms with Gasteiger partial charge in [0.2, 0.25) is 11.8 Å². The summed E-state index contributed by atoms with van der Waals surface area (Å²) < 4.78 is 5.28. The smallest absolute Gasteiger partial charge is 0.251 e. The second kappa shape index (κ2) is 9.48. The third kappa shape index (κ3) is 5.51. The van der Waals surface area contributed by atoms with Crippen molar-refractivity contribution in [2.75, 3.05) is 57.4 Å². The number of hydrogen-bond donors (Lipinski definition) is 2. The molecule has 1 aromatic carbocycles. The highest BCUT2D eigenvalue weighted by Gasteiger charge is 2.22. The molecular formula is C19H26N4O4. The fourth-order valence-corrected chi connectivity index (χ4v) is 3.24. The lowest BCUT2D eigenvalue weighted by molar-refractivity contribution is -0.120. The van der Waals surface area contributed by atoms with E-state index in [0.717, 1.165) is 45.0 Å². The van der Waals surface area contributed by atoms with E-state index in [2.05, 4.69) is 15.5 Å². The van der Waals surface area contributed by atoms with Gasteiger partial charge in [-0.1, -0.05) is 6.07 Å². The Morgan fingerprint density at radius 2 is 1.93 bits per heavy atom. The van der Waals surface area contributed by atoms with Crippen molar-refractivity contribution in [1.82, 2.24) is 15.5 Å². The van der Waals surface area contributed by atoms with Crippen LogP contribution in [-0.2, 0) is 14.3 Å². The maximum Gasteiger partial charge on any atom is 0.251 e. The molecule has 2 fully saturated rings. The van der Waals surface area contributed by atoms with Gasteiger partial charge < -0.3 is 20.3 Å². The summed E-state index contributed by atoms with van der Waals surface area (Å²) in [6, 6.07) is 6.93. The van der Waals surface area contributed by atoms with Gasteiger partial charge in [0.05, 0.1) is 19.8 Å². The number of rotatable bonds is 7. The molecule has 146 valence electrons. The molecule has 2 N–H and O–H groups in total. The Morgan fingerprint density at radius 3 is 2.67 bits per heavy atom. The predicted octanol–water partition coefficient (Wildman–Crippen LogP) is -0.00840. The molecule has 0 atom stereocenters. The van der Waals surface area contributed by atoms with Crippen LogP contribution in [-0.4, -0.2) is 75.1 Å². The van der Waals surface area contributed by atoms with E-state index in [4.69, 9.17) is 4.74 Å². The molecule has 0 saturated carbocycles. The summed E-state index contributed by atoms with van der Waals surface area (Å²) >= 11 is 0. The number of hydrogen-bond acceptors (Lipinski definition) is 5. The number of carbonyl (C=O) groups excluding carboxylic acids is 3. The first-order valence-electron chi connectivity index (χ1n) is 9.39. The maximum absolute atomic E-state index is 12.3. The standard InChI is InChI=1S/C19H26N4O4/c24-17(20-6-8-22-9-11-27-12-10-22)14-21-19(26)15-3-1-4-16(13-15)23-7-2-5-18(23)25/h1,3-4,13H,2,5-12,14H2,(H,20,24)(H,21,26). The van der Waals surface area contributed by atoms with Crippen LogP contribution in [0.15, 0.2) is 24.3 Å². The number of morpholine rings is 1. The van der Waals surface area contributed by atoms with E-state index < -0.39 is 0 Å². The van der Waals surface area contributed by atoms with Crippen LogP contribution in [0, 0.1) is 0 Å². The van der Waals surface area contributed by atoms with Crippen molar-refractivity contribution in [3.63, 3.8) is 0 Å². The number of anilines is 1. The van der Waals surface area contributed by atoms with Crippen molar-refractivity contribution in [1.29, 1.82) is 0 Å². The first kappa shape index (κ1) is 19.3. The summed E-state index contributed by atoms with van der Waals surface area (Å²) in [5.74, 6) is -0.471. The monoisotopic (exact) mass is 374 g/mol. The molecule has 2 aliphatic rings. The summed E-state index contributed by atoms with van der Waals surface area (Å²) in [6.07, 6.45) is 1.38. The number of ether oxygens (including phenoxy) is 1. The number of benzene rings is 1. The largest absolute Gasteiger partial charge is 0.379 e. The molecule has 27 heavy (non-hydrogen) atoms. The molecule has 3 rings (SSSR count). The van der Waals surface area contributed by atoms with E-state index >= 15 is 0 Å². The van der Waals surface area contributed by atoms with E-state index in [9.17, 15) is 14.4 Å². The third-order valence-corrected chi connectivity index (χ3v) is 4.76. The number of nitrogens with one attached hydrogen (secondary N) is 2. The van der Waals surface area contributed by atoms with Crippen molar-refractivity contribution in [3.8, 4) is 0 Å². The molecule has 0 unspecified atom stereocenters. The van der Waals surface area contributed by atoms with E-state index in [-0.39, 0.29) is 24.3 Å². The van der Waals surface area contributed by atoms with Gasteiger partial charge in [-0.05, 0) is 24.6 Å². The molecule has 3 amide bonds. The Bertz CT molecular complexity index is 688. The first-order chi connectivity index (χ1) is 13.1. The Labute approximate surface area is 158 Å². The van der Waals surface area contributed by atoms with Gasteiger partial charge in [0.15, 0.2) is 0 Å². The van der Waals surface area contributed by atoms with Gasteiger partial charge in [0.1, 0.15) is 0 Å². The number of carbonyl (C=O) groups is 3. The highest BCUT2D eigenvalue weighted by Crippen LogP contribution is 2.22. The van der Waals surface area contributed by atoms with Crippen LogP contribution >= 0.6 is 0 Å². The maximum atomic E-state index is 12.3. The molecule has 0 bridgehead atoms. The van der Waals surface area contributed by atoms with Crippen LogP contribution < -0.4 is 15.5 Å². The summed E-state index contributed by atoms with van der Waals surface area (Å²) in [7, 11) is 0. The molecule has 8 nitrogen and oxygen atoms in total. The second-order valence-electron chi connectivity index (χ2n) is 6.69. The minimum absolute atomic E-state index is 0.0746. The lowest BCUT2D eigenvalue weighted by Gasteiger charge is -2.26. The molecule has 2 heterocycles. The molecule has 0 aromatic heterocycles. The average Bonchev–Trinajstić information content (AvgIpc) is 3.13. The van der Waals surface area contributed by atoms with Gasteiger partial charge in [0, 0.05) is 50.4 Å². The minimum atomic E-state index is -0.327. The van der Waals surface area contributed by atoms with Crippen molar-refractivity contribution in [2.24, 2.45) is 0 Å². The normalized spacial score (nSPS) is 17.8. The molecular weight excluding hydrogens is 348 g/mol. The van der Waals surface area contributed by atoms with Crippen LogP contribution in [0.25, 0.3) is 0 Å². The molecule has 8 heteroatoms. The van der Waals surface area contributed by atoms with Crippen molar-refractivity contribution < 1.29 is 19.1 Å². The van der Waals surface area contributed by atoms with E-state index in [1.807, 2.05) is 6.07 Å². The van der Waals surface area contributed by atoms with Gasteiger partial charge in [0.25, 0.3) is 5.91 Å². The van der Waals surface area contributed by atoms with Crippen LogP contribution in [0.4, 0.5) is 5.69 Å². The lowest BCUT2D eigenvalue weighted by atomic mass is 10.1. The summed E-state index contributed by atoms with van der Waals surface area (Å²) in [5, 5.41) is 5.44. The lowest BCUT2D eigenvalue weighted by Crippen LogP contribution is -2.43. The van der Waals surface area contributed by atoms with Gasteiger partial charge in [-0.3, -0.25) is 19.3 Å². The molecule has 0 radical (unpaired) electrons. The Balaban J connectivity index is 1.42. The molecule has 0 spiro atoms. The van der Waals surface area contributed by atoms with Crippen LogP contribution in [0.5, 0.6) is 0 Å². The SMILES string of the molecule is O=C(CNC(=O)c1cccc(N2CCCC2=O)c1)NCCN1CCOCC1. The highest BCUT2D eigenvalue weighted by molar-refractivity contribution is 6.00. The topological polar surface area (TPSA) is 91.0 Å². The third-order valence-electron chi connectivity index (χ3n) is 4.76. The van der Waals surface area contributed by atoms with Gasteiger partial charge in [-0.2, -0.15) is 0 Å². The van der Waals surface area contributed by atoms with Crippen LogP contribution in [0.2, 0.25) is 0 Å². The summed E-state index contributed by atoms with van der Waals surface area (Å²) in [6.45, 7) is 5.13. The zero-order chi connectivity index (χ0) is 19.1. The molecule has 0 aliphatic carbocycles. The van der Waals surface area contributed by atoms with Crippen molar-refractivity contribution in [2.45, 2.75) is 12.8 Å². The van der Waals surface area contributed by atoms with E-state index in [1.165, 1.54) is 0 Å². The number of nitrogens with zero attached hydrogens (tertiary/aromatic N) is 2. The average molecular weight is 374 g/mol. The minimum Gasteiger partial charge on any atom is -0.379 e. The zero-order valence-corrected chi connectivity index (χ0v) is 15.4. The van der Waals surface area contributed by atoms with Gasteiger partial charge >= 0.3 is 0 Å². The quantitative estimate of drug-likeness (QED) is 0.701. The van der Waals surface area contributed by atoms with E-state index in [0.29, 0.717) is 25.1 Å². The predicted molar refractivity (Wildman–Crippen MR) is 101 cm³/mol. The molecule has 2 saturated heterocycles. The Morgan fingerprint density at radius 1 is 1.11 bits per heavy atom. The summed E-state index contributed by atoms with van der Waals surface area (Å²) in [4.78, 5) is 40.0.